The number of aromatic nitrogens is 2. The van der Waals surface area contributed by atoms with Crippen LogP contribution < -0.4 is 10.6 Å². The van der Waals surface area contributed by atoms with E-state index in [0.717, 1.165) is 37.9 Å². The summed E-state index contributed by atoms with van der Waals surface area (Å²) in [4.78, 5) is 10.5. The van der Waals surface area contributed by atoms with Crippen LogP contribution in [-0.2, 0) is 15.7 Å². The number of anilines is 1. The number of morpholine rings is 1. The van der Waals surface area contributed by atoms with E-state index in [9.17, 15) is 13.2 Å². The van der Waals surface area contributed by atoms with Gasteiger partial charge in [0.25, 0.3) is 0 Å². The maximum absolute atomic E-state index is 13.7. The predicted molar refractivity (Wildman–Crippen MR) is 119 cm³/mol. The molecule has 4 rings (SSSR count). The number of allylic oxidation sites excluding steroid dienone is 2. The summed E-state index contributed by atoms with van der Waals surface area (Å²) in [5, 5.41) is 6.37. The van der Waals surface area contributed by atoms with Gasteiger partial charge < -0.3 is 25.0 Å². The summed E-state index contributed by atoms with van der Waals surface area (Å²) in [5.41, 5.74) is 0.0163. The summed E-state index contributed by atoms with van der Waals surface area (Å²) >= 11 is 0. The number of nitrogens with zero attached hydrogens (tertiary/aromatic N) is 3. The van der Waals surface area contributed by atoms with Crippen molar-refractivity contribution in [3.8, 4) is 0 Å². The highest BCUT2D eigenvalue weighted by Crippen LogP contribution is 2.35. The molecule has 0 amide bonds. The van der Waals surface area contributed by atoms with E-state index in [0.29, 0.717) is 26.2 Å². The Bertz CT molecular complexity index is 910. The van der Waals surface area contributed by atoms with Gasteiger partial charge >= 0.3 is 6.18 Å². The molecule has 0 radical (unpaired) electrons. The van der Waals surface area contributed by atoms with Crippen LogP contribution in [0.15, 0.2) is 36.2 Å². The quantitative estimate of drug-likeness (QED) is 0.706. The smallest absolute Gasteiger partial charge is 0.420 e. The summed E-state index contributed by atoms with van der Waals surface area (Å²) in [6, 6.07) is -0.113. The molecule has 10 heteroatoms. The van der Waals surface area contributed by atoms with E-state index in [1.54, 1.807) is 6.08 Å². The van der Waals surface area contributed by atoms with E-state index in [2.05, 4.69) is 31.6 Å². The number of rotatable bonds is 4. The van der Waals surface area contributed by atoms with Crippen molar-refractivity contribution in [1.82, 2.24) is 20.2 Å². The van der Waals surface area contributed by atoms with Gasteiger partial charge in [0.1, 0.15) is 23.6 Å². The molecular weight excluding hydrogens is 435 g/mol. The highest BCUT2D eigenvalue weighted by Gasteiger charge is 2.37. The van der Waals surface area contributed by atoms with Gasteiger partial charge in [-0.05, 0) is 37.5 Å². The molecule has 0 saturated carbocycles. The van der Waals surface area contributed by atoms with Crippen molar-refractivity contribution in [3.63, 3.8) is 0 Å². The van der Waals surface area contributed by atoms with Crippen LogP contribution in [0.4, 0.5) is 19.1 Å². The lowest BCUT2D eigenvalue weighted by atomic mass is 10.0. The zero-order valence-electron chi connectivity index (χ0n) is 18.7. The number of hydrogen-bond acceptors (Lipinski definition) is 7. The Hall–Kier alpha value is -2.59. The van der Waals surface area contributed by atoms with Crippen LogP contribution >= 0.6 is 0 Å². The molecule has 2 aliphatic heterocycles. The number of nitrogens with one attached hydrogen (secondary N) is 2. The molecule has 1 aromatic heterocycles. The van der Waals surface area contributed by atoms with E-state index in [-0.39, 0.29) is 36.0 Å². The van der Waals surface area contributed by atoms with Gasteiger partial charge in [-0.2, -0.15) is 13.2 Å². The molecule has 3 heterocycles. The SMILES string of the molecule is C[C@@H]1/C=C(/c2nc(NC3C=CC(N4CCOCC4)=CC3)ncc2C(F)(F)F)OCCNCC1. The Kier molecular flexibility index (Phi) is 7.54. The summed E-state index contributed by atoms with van der Waals surface area (Å²) in [6.07, 6.45) is 5.61. The minimum atomic E-state index is -4.58. The average molecular weight is 466 g/mol. The first-order chi connectivity index (χ1) is 15.9. The van der Waals surface area contributed by atoms with E-state index < -0.39 is 11.7 Å². The summed E-state index contributed by atoms with van der Waals surface area (Å²) in [6.45, 7) is 6.68. The second-order valence-electron chi connectivity index (χ2n) is 8.42. The third-order valence-electron chi connectivity index (χ3n) is 5.85. The maximum Gasteiger partial charge on any atom is 0.420 e. The second-order valence-corrected chi connectivity index (χ2v) is 8.42. The van der Waals surface area contributed by atoms with Crippen LogP contribution in [0, 0.1) is 5.92 Å². The molecule has 0 spiro atoms. The van der Waals surface area contributed by atoms with Crippen LogP contribution in [0.3, 0.4) is 0 Å². The lowest BCUT2D eigenvalue weighted by Crippen LogP contribution is -2.36. The molecule has 33 heavy (non-hydrogen) atoms. The fourth-order valence-electron chi connectivity index (χ4n) is 4.01. The van der Waals surface area contributed by atoms with Crippen molar-refractivity contribution in [3.05, 3.63) is 47.5 Å². The van der Waals surface area contributed by atoms with Gasteiger partial charge in [0.2, 0.25) is 5.95 Å². The van der Waals surface area contributed by atoms with Crippen LogP contribution in [0.5, 0.6) is 0 Å². The Morgan fingerprint density at radius 1 is 1.18 bits per heavy atom. The van der Waals surface area contributed by atoms with Crippen LogP contribution in [0.2, 0.25) is 0 Å². The summed E-state index contributed by atoms with van der Waals surface area (Å²) in [5.74, 6) is 0.340. The van der Waals surface area contributed by atoms with E-state index in [4.69, 9.17) is 9.47 Å². The third-order valence-corrected chi connectivity index (χ3v) is 5.85. The zero-order valence-corrected chi connectivity index (χ0v) is 18.7. The zero-order chi connectivity index (χ0) is 23.3. The molecule has 1 unspecified atom stereocenters. The summed E-state index contributed by atoms with van der Waals surface area (Å²) in [7, 11) is 0. The molecule has 1 fully saturated rings. The fourth-order valence-corrected chi connectivity index (χ4v) is 4.01. The molecule has 2 atom stereocenters. The highest BCUT2D eigenvalue weighted by molar-refractivity contribution is 5.61. The molecule has 1 aliphatic carbocycles. The summed E-state index contributed by atoms with van der Waals surface area (Å²) < 4.78 is 52.4. The Balaban J connectivity index is 1.53. The lowest BCUT2D eigenvalue weighted by Gasteiger charge is -2.31. The number of hydrogen-bond donors (Lipinski definition) is 2. The standard InChI is InChI=1S/C23H30F3N5O2/c1-16-6-7-27-8-11-33-20(14-16)21-19(23(24,25)26)15-28-22(30-21)29-17-2-4-18(5-3-17)31-9-12-32-13-10-31/h2,4-5,14-17,27H,3,6-13H2,1H3,(H,28,29,30)/b20-14-/t16-,17?/m0/s1. The van der Waals surface area contributed by atoms with E-state index >= 15 is 0 Å². The van der Waals surface area contributed by atoms with Crippen molar-refractivity contribution < 1.29 is 22.6 Å². The van der Waals surface area contributed by atoms with E-state index in [1.165, 1.54) is 0 Å². The first-order valence-corrected chi connectivity index (χ1v) is 11.4. The first kappa shape index (κ1) is 23.6. The molecule has 7 nitrogen and oxygen atoms in total. The molecule has 1 saturated heterocycles. The molecule has 0 bridgehead atoms. The number of ether oxygens (including phenoxy) is 2. The lowest BCUT2D eigenvalue weighted by molar-refractivity contribution is -0.138. The van der Waals surface area contributed by atoms with Crippen molar-refractivity contribution in [2.75, 3.05) is 51.3 Å². The minimum absolute atomic E-state index is 0.0445. The van der Waals surface area contributed by atoms with Gasteiger partial charge in [-0.15, -0.1) is 0 Å². The van der Waals surface area contributed by atoms with Crippen molar-refractivity contribution in [2.45, 2.75) is 32.0 Å². The number of halogens is 3. The molecule has 1 aromatic rings. The molecule has 0 aromatic carbocycles. The monoisotopic (exact) mass is 465 g/mol. The molecular formula is C23H30F3N5O2. The van der Waals surface area contributed by atoms with Crippen LogP contribution in [-0.4, -0.2) is 66.9 Å². The fraction of sp³-hybridized carbons (Fsp3) is 0.565. The molecule has 180 valence electrons. The highest BCUT2D eigenvalue weighted by atomic mass is 19.4. The van der Waals surface area contributed by atoms with Crippen LogP contribution in [0.1, 0.15) is 31.0 Å². The van der Waals surface area contributed by atoms with Gasteiger partial charge in [-0.25, -0.2) is 9.97 Å². The Morgan fingerprint density at radius 3 is 2.73 bits per heavy atom. The van der Waals surface area contributed by atoms with Gasteiger partial charge in [-0.1, -0.05) is 19.1 Å². The van der Waals surface area contributed by atoms with Gasteiger partial charge in [0.05, 0.1) is 19.3 Å². The van der Waals surface area contributed by atoms with Gasteiger partial charge in [0.15, 0.2) is 0 Å². The average Bonchev–Trinajstić information content (AvgIpc) is 2.91. The number of alkyl halides is 3. The maximum atomic E-state index is 13.7. The Morgan fingerprint density at radius 2 is 2.00 bits per heavy atom. The first-order valence-electron chi connectivity index (χ1n) is 11.4. The second kappa shape index (κ2) is 10.6. The minimum Gasteiger partial charge on any atom is -0.490 e. The normalized spacial score (nSPS) is 26.2. The largest absolute Gasteiger partial charge is 0.490 e. The predicted octanol–water partition coefficient (Wildman–Crippen LogP) is 3.44. The Labute approximate surface area is 191 Å². The van der Waals surface area contributed by atoms with Gasteiger partial charge in [0, 0.05) is 31.5 Å². The van der Waals surface area contributed by atoms with Gasteiger partial charge in [-0.3, -0.25) is 0 Å². The van der Waals surface area contributed by atoms with Crippen molar-refractivity contribution >= 4 is 11.7 Å². The van der Waals surface area contributed by atoms with E-state index in [1.807, 2.05) is 19.1 Å². The topological polar surface area (TPSA) is 71.5 Å². The molecule has 2 N–H and O–H groups in total. The third kappa shape index (κ3) is 6.26. The van der Waals surface area contributed by atoms with Crippen molar-refractivity contribution in [1.29, 1.82) is 0 Å². The molecule has 3 aliphatic rings. The van der Waals surface area contributed by atoms with Crippen molar-refractivity contribution in [2.24, 2.45) is 5.92 Å². The van der Waals surface area contributed by atoms with Crippen LogP contribution in [0.25, 0.3) is 5.76 Å².